The Morgan fingerprint density at radius 2 is 2.11 bits per heavy atom. The second kappa shape index (κ2) is 6.68. The van der Waals surface area contributed by atoms with E-state index in [1.165, 1.54) is 4.31 Å². The molecule has 0 spiro atoms. The lowest BCUT2D eigenvalue weighted by Crippen LogP contribution is -2.36. The van der Waals surface area contributed by atoms with E-state index in [1.807, 2.05) is 0 Å². The third kappa shape index (κ3) is 3.03. The molecule has 8 nitrogen and oxygen atoms in total. The van der Waals surface area contributed by atoms with Crippen molar-refractivity contribution >= 4 is 21.6 Å². The highest BCUT2D eigenvalue weighted by Crippen LogP contribution is 2.32. The van der Waals surface area contributed by atoms with E-state index in [0.29, 0.717) is 56.3 Å². The van der Waals surface area contributed by atoms with Gasteiger partial charge in [0.1, 0.15) is 5.76 Å². The molecule has 0 bridgehead atoms. The molecule has 3 aliphatic rings. The molecule has 1 N–H and O–H groups in total. The Hall–Kier alpha value is -2.23. The van der Waals surface area contributed by atoms with E-state index in [2.05, 4.69) is 10.3 Å². The van der Waals surface area contributed by atoms with Crippen molar-refractivity contribution in [2.45, 2.75) is 43.0 Å². The molecule has 1 aromatic heterocycles. The Bertz CT molecular complexity index is 1040. The van der Waals surface area contributed by atoms with Gasteiger partial charge in [0.05, 0.1) is 29.7 Å². The molecule has 1 fully saturated rings. The molecule has 4 heterocycles. The number of aryl methyl sites for hydroxylation is 1. The highest BCUT2D eigenvalue weighted by atomic mass is 32.2. The maximum atomic E-state index is 13.2. The second-order valence-corrected chi connectivity index (χ2v) is 9.38. The molecule has 5 rings (SSSR count). The minimum absolute atomic E-state index is 0.0406. The van der Waals surface area contributed by atoms with Crippen molar-refractivity contribution < 1.29 is 22.4 Å². The number of oxazole rings is 1. The van der Waals surface area contributed by atoms with Crippen molar-refractivity contribution in [3.05, 3.63) is 41.1 Å². The van der Waals surface area contributed by atoms with Crippen LogP contribution in [0.1, 0.15) is 41.7 Å². The number of fused-ring (bicyclic) bond motifs is 2. The predicted octanol–water partition coefficient (Wildman–Crippen LogP) is 1.81. The zero-order valence-corrected chi connectivity index (χ0v) is 16.1. The van der Waals surface area contributed by atoms with Crippen molar-refractivity contribution in [2.75, 3.05) is 25.1 Å². The van der Waals surface area contributed by atoms with Gasteiger partial charge in [-0.25, -0.2) is 13.4 Å². The number of nitrogens with zero attached hydrogens (tertiary/aromatic N) is 2. The van der Waals surface area contributed by atoms with Crippen LogP contribution < -0.4 is 5.32 Å². The van der Waals surface area contributed by atoms with Gasteiger partial charge >= 0.3 is 0 Å². The van der Waals surface area contributed by atoms with Gasteiger partial charge in [-0.05, 0) is 36.6 Å². The van der Waals surface area contributed by atoms with E-state index in [0.717, 1.165) is 17.7 Å². The van der Waals surface area contributed by atoms with Gasteiger partial charge in [0.15, 0.2) is 5.89 Å². The van der Waals surface area contributed by atoms with Crippen LogP contribution in [0.5, 0.6) is 0 Å². The summed E-state index contributed by atoms with van der Waals surface area (Å²) in [5, 5.41) is 2.78. The van der Waals surface area contributed by atoms with E-state index in [-0.39, 0.29) is 23.3 Å². The van der Waals surface area contributed by atoms with Crippen LogP contribution >= 0.6 is 0 Å². The van der Waals surface area contributed by atoms with Crippen LogP contribution in [0.4, 0.5) is 5.69 Å². The van der Waals surface area contributed by atoms with Crippen LogP contribution in [0, 0.1) is 0 Å². The Morgan fingerprint density at radius 1 is 1.21 bits per heavy atom. The van der Waals surface area contributed by atoms with Gasteiger partial charge in [-0.15, -0.1) is 0 Å². The van der Waals surface area contributed by atoms with Crippen molar-refractivity contribution in [3.63, 3.8) is 0 Å². The molecule has 148 valence electrons. The second-order valence-electron chi connectivity index (χ2n) is 7.44. The highest BCUT2D eigenvalue weighted by molar-refractivity contribution is 7.89. The van der Waals surface area contributed by atoms with Crippen LogP contribution in [0.2, 0.25) is 0 Å². The summed E-state index contributed by atoms with van der Waals surface area (Å²) in [4.78, 5) is 16.3. The maximum Gasteiger partial charge on any atom is 0.243 e. The molecule has 1 unspecified atom stereocenters. The average Bonchev–Trinajstić information content (AvgIpc) is 3.36. The summed E-state index contributed by atoms with van der Waals surface area (Å²) in [5.41, 5.74) is 2.24. The molecule has 0 aliphatic carbocycles. The lowest BCUT2D eigenvalue weighted by atomic mass is 10.0. The Morgan fingerprint density at radius 3 is 2.93 bits per heavy atom. The summed E-state index contributed by atoms with van der Waals surface area (Å²) in [5.74, 6) is 1.56. The van der Waals surface area contributed by atoms with Gasteiger partial charge in [-0.2, -0.15) is 4.31 Å². The van der Waals surface area contributed by atoms with Gasteiger partial charge in [0, 0.05) is 31.7 Å². The molecular formula is C19H21N3O5S. The third-order valence-corrected chi connectivity index (χ3v) is 7.44. The Balaban J connectivity index is 1.40. The fourth-order valence-electron chi connectivity index (χ4n) is 3.97. The summed E-state index contributed by atoms with van der Waals surface area (Å²) in [6.45, 7) is 1.88. The zero-order valence-electron chi connectivity index (χ0n) is 15.3. The number of hydrogen-bond acceptors (Lipinski definition) is 6. The molecule has 1 amide bonds. The number of sulfonamides is 1. The Labute approximate surface area is 162 Å². The molecular weight excluding hydrogens is 382 g/mol. The number of rotatable bonds is 3. The van der Waals surface area contributed by atoms with E-state index >= 15 is 0 Å². The molecule has 1 aromatic carbocycles. The average molecular weight is 403 g/mol. The summed E-state index contributed by atoms with van der Waals surface area (Å²) in [6, 6.07) is 4.89. The normalized spacial score (nSPS) is 22.6. The lowest BCUT2D eigenvalue weighted by Gasteiger charge is -2.25. The quantitative estimate of drug-likeness (QED) is 0.839. The number of aromatic nitrogens is 1. The van der Waals surface area contributed by atoms with Crippen molar-refractivity contribution in [2.24, 2.45) is 0 Å². The first kappa shape index (κ1) is 17.8. The zero-order chi connectivity index (χ0) is 19.3. The minimum atomic E-state index is -3.65. The predicted molar refractivity (Wildman–Crippen MR) is 99.4 cm³/mol. The van der Waals surface area contributed by atoms with E-state index < -0.39 is 10.0 Å². The number of carbonyl (C=O) groups excluding carboxylic acids is 1. The highest BCUT2D eigenvalue weighted by Gasteiger charge is 2.33. The molecule has 1 atom stereocenters. The molecule has 2 aromatic rings. The summed E-state index contributed by atoms with van der Waals surface area (Å²) >= 11 is 0. The van der Waals surface area contributed by atoms with Crippen molar-refractivity contribution in [3.8, 4) is 0 Å². The molecule has 0 saturated carbocycles. The number of ether oxygens (including phenoxy) is 1. The number of nitrogens with one attached hydrogen (secondary N) is 1. The van der Waals surface area contributed by atoms with E-state index in [4.69, 9.17) is 9.15 Å². The number of benzene rings is 1. The molecule has 0 radical (unpaired) electrons. The topological polar surface area (TPSA) is 102 Å². The smallest absolute Gasteiger partial charge is 0.243 e. The maximum absolute atomic E-state index is 13.2. The number of carbonyl (C=O) groups is 1. The number of anilines is 1. The molecule has 28 heavy (non-hydrogen) atoms. The summed E-state index contributed by atoms with van der Waals surface area (Å²) in [7, 11) is -3.65. The molecule has 9 heteroatoms. The lowest BCUT2D eigenvalue weighted by molar-refractivity contribution is -0.116. The fraction of sp³-hybridized carbons (Fsp3) is 0.474. The number of amides is 1. The van der Waals surface area contributed by atoms with E-state index in [1.54, 1.807) is 18.2 Å². The first-order valence-corrected chi connectivity index (χ1v) is 10.9. The Kier molecular flexibility index (Phi) is 4.26. The van der Waals surface area contributed by atoms with Gasteiger partial charge in [0.25, 0.3) is 0 Å². The van der Waals surface area contributed by atoms with E-state index in [9.17, 15) is 13.2 Å². The first-order chi connectivity index (χ1) is 13.5. The fourth-order valence-corrected chi connectivity index (χ4v) is 5.43. The molecule has 1 saturated heterocycles. The minimum Gasteiger partial charge on any atom is -0.445 e. The first-order valence-electron chi connectivity index (χ1n) is 9.50. The van der Waals surface area contributed by atoms with Crippen molar-refractivity contribution in [1.82, 2.24) is 9.29 Å². The summed E-state index contributed by atoms with van der Waals surface area (Å²) in [6.07, 6.45) is 2.31. The molecule has 3 aliphatic heterocycles. The number of hydrogen-bond donors (Lipinski definition) is 1. The van der Waals surface area contributed by atoms with Crippen LogP contribution in [0.3, 0.4) is 0 Å². The monoisotopic (exact) mass is 403 g/mol. The van der Waals surface area contributed by atoms with Crippen LogP contribution in [-0.4, -0.2) is 43.4 Å². The van der Waals surface area contributed by atoms with Gasteiger partial charge in [0.2, 0.25) is 15.9 Å². The van der Waals surface area contributed by atoms with Crippen molar-refractivity contribution in [1.29, 1.82) is 0 Å². The van der Waals surface area contributed by atoms with Crippen LogP contribution in [-0.2, 0) is 38.9 Å². The van der Waals surface area contributed by atoms with Gasteiger partial charge in [-0.3, -0.25) is 4.79 Å². The largest absolute Gasteiger partial charge is 0.445 e. The van der Waals surface area contributed by atoms with Crippen LogP contribution in [0.25, 0.3) is 0 Å². The van der Waals surface area contributed by atoms with Gasteiger partial charge in [-0.1, -0.05) is 0 Å². The van der Waals surface area contributed by atoms with Crippen LogP contribution in [0.15, 0.2) is 27.5 Å². The van der Waals surface area contributed by atoms with Gasteiger partial charge < -0.3 is 14.5 Å². The summed E-state index contributed by atoms with van der Waals surface area (Å²) < 4.78 is 39.1. The standard InChI is InChI=1S/C19H21N3O5S/c23-18-4-1-12-9-14(2-3-15(12)20-18)28(24,25)22-7-5-17-16(10-22)21-19(27-17)13-6-8-26-11-13/h2-3,9,13H,1,4-8,10-11H2,(H,20,23). The third-order valence-electron chi connectivity index (χ3n) is 5.60. The SMILES string of the molecule is O=C1CCc2cc(S(=O)(=O)N3CCc4oc(C5CCOC5)nc4C3)ccc2N1.